The molecule has 4 heteroatoms. The number of ether oxygens (including phenoxy) is 2. The summed E-state index contributed by atoms with van der Waals surface area (Å²) in [7, 11) is 0. The molecule has 0 bridgehead atoms. The van der Waals surface area contributed by atoms with Crippen LogP contribution in [0.15, 0.2) is 72.8 Å². The van der Waals surface area contributed by atoms with Crippen LogP contribution in [0.2, 0.25) is 0 Å². The second kappa shape index (κ2) is 9.09. The van der Waals surface area contributed by atoms with Crippen molar-refractivity contribution in [2.75, 3.05) is 5.32 Å². The number of hydrogen-bond acceptors (Lipinski definition) is 3. The van der Waals surface area contributed by atoms with E-state index in [9.17, 15) is 4.79 Å². The van der Waals surface area contributed by atoms with Gasteiger partial charge in [-0.1, -0.05) is 31.2 Å². The molecule has 0 fully saturated rings. The third-order valence-corrected chi connectivity index (χ3v) is 4.52. The molecule has 1 amide bonds. The molecular formula is C24H25NO3. The Bertz CT molecular complexity index is 920. The summed E-state index contributed by atoms with van der Waals surface area (Å²) < 4.78 is 11.7. The highest BCUT2D eigenvalue weighted by Gasteiger charge is 2.18. The van der Waals surface area contributed by atoms with Crippen molar-refractivity contribution in [3.05, 3.63) is 83.9 Å². The van der Waals surface area contributed by atoms with E-state index in [-0.39, 0.29) is 5.91 Å². The lowest BCUT2D eigenvalue weighted by Crippen LogP contribution is -2.32. The smallest absolute Gasteiger partial charge is 0.265 e. The van der Waals surface area contributed by atoms with Crippen molar-refractivity contribution in [1.29, 1.82) is 0 Å². The van der Waals surface area contributed by atoms with Crippen LogP contribution in [0.25, 0.3) is 0 Å². The monoisotopic (exact) mass is 375 g/mol. The van der Waals surface area contributed by atoms with Gasteiger partial charge in [0, 0.05) is 5.69 Å². The second-order valence-corrected chi connectivity index (χ2v) is 6.69. The van der Waals surface area contributed by atoms with Gasteiger partial charge in [-0.3, -0.25) is 4.79 Å². The van der Waals surface area contributed by atoms with Gasteiger partial charge >= 0.3 is 0 Å². The minimum absolute atomic E-state index is 0.169. The number of aryl methyl sites for hydroxylation is 2. The third kappa shape index (κ3) is 5.13. The zero-order chi connectivity index (χ0) is 19.9. The molecule has 0 aromatic heterocycles. The summed E-state index contributed by atoms with van der Waals surface area (Å²) >= 11 is 0. The van der Waals surface area contributed by atoms with E-state index in [0.717, 1.165) is 11.3 Å². The summed E-state index contributed by atoms with van der Waals surface area (Å²) in [5, 5.41) is 2.91. The van der Waals surface area contributed by atoms with Gasteiger partial charge in [0.25, 0.3) is 5.91 Å². The first-order valence-corrected chi connectivity index (χ1v) is 9.43. The Morgan fingerprint density at radius 2 is 1.50 bits per heavy atom. The van der Waals surface area contributed by atoms with Gasteiger partial charge in [0.15, 0.2) is 6.10 Å². The van der Waals surface area contributed by atoms with Gasteiger partial charge in [0.2, 0.25) is 0 Å². The molecule has 0 aliphatic carbocycles. The van der Waals surface area contributed by atoms with Crippen molar-refractivity contribution in [2.24, 2.45) is 0 Å². The topological polar surface area (TPSA) is 47.6 Å². The number of hydrogen-bond donors (Lipinski definition) is 1. The number of nitrogens with one attached hydrogen (secondary N) is 1. The predicted octanol–water partition coefficient (Wildman–Crippen LogP) is 5.89. The zero-order valence-corrected chi connectivity index (χ0v) is 16.4. The maximum atomic E-state index is 12.6. The van der Waals surface area contributed by atoms with Gasteiger partial charge in [-0.15, -0.1) is 0 Å². The van der Waals surface area contributed by atoms with Crippen molar-refractivity contribution >= 4 is 11.6 Å². The molecule has 3 aromatic carbocycles. The maximum Gasteiger partial charge on any atom is 0.265 e. The summed E-state index contributed by atoms with van der Waals surface area (Å²) in [4.78, 5) is 12.6. The molecule has 0 heterocycles. The lowest BCUT2D eigenvalue weighted by atomic mass is 10.1. The molecule has 144 valence electrons. The molecule has 4 nitrogen and oxygen atoms in total. The standard InChI is InChI=1S/C24H25NO3/c1-4-23(28-22-13-10-17(2)18(3)16-22)24(26)25-19-11-14-21(15-12-19)27-20-8-6-5-7-9-20/h5-16,23H,4H2,1-3H3,(H,25,26)/t23-/m1/s1. The van der Waals surface area contributed by atoms with Gasteiger partial charge in [-0.2, -0.15) is 0 Å². The Hall–Kier alpha value is -3.27. The minimum atomic E-state index is -0.553. The number of carbonyl (C=O) groups excluding carboxylic acids is 1. The van der Waals surface area contributed by atoms with Crippen LogP contribution in [-0.2, 0) is 4.79 Å². The molecule has 1 atom stereocenters. The zero-order valence-electron chi connectivity index (χ0n) is 16.4. The predicted molar refractivity (Wildman–Crippen MR) is 112 cm³/mol. The van der Waals surface area contributed by atoms with Crippen LogP contribution >= 0.6 is 0 Å². The van der Waals surface area contributed by atoms with E-state index in [1.54, 1.807) is 0 Å². The molecule has 3 aromatic rings. The summed E-state index contributed by atoms with van der Waals surface area (Å²) in [5.74, 6) is 2.02. The highest BCUT2D eigenvalue weighted by molar-refractivity contribution is 5.94. The van der Waals surface area contributed by atoms with Crippen LogP contribution in [0.3, 0.4) is 0 Å². The van der Waals surface area contributed by atoms with Crippen LogP contribution < -0.4 is 14.8 Å². The fourth-order valence-corrected chi connectivity index (χ4v) is 2.73. The van der Waals surface area contributed by atoms with Gasteiger partial charge in [0.1, 0.15) is 17.2 Å². The Kier molecular flexibility index (Phi) is 6.33. The molecule has 0 spiro atoms. The number of benzene rings is 3. The molecule has 0 radical (unpaired) electrons. The SMILES string of the molecule is CC[C@@H](Oc1ccc(C)c(C)c1)C(=O)Nc1ccc(Oc2ccccc2)cc1. The van der Waals surface area contributed by atoms with Crippen LogP contribution in [-0.4, -0.2) is 12.0 Å². The Morgan fingerprint density at radius 1 is 0.857 bits per heavy atom. The normalized spacial score (nSPS) is 11.5. The lowest BCUT2D eigenvalue weighted by Gasteiger charge is -2.18. The fraction of sp³-hybridized carbons (Fsp3) is 0.208. The van der Waals surface area contributed by atoms with E-state index < -0.39 is 6.10 Å². The van der Waals surface area contributed by atoms with Crippen molar-refractivity contribution < 1.29 is 14.3 Å². The van der Waals surface area contributed by atoms with E-state index in [1.807, 2.05) is 93.6 Å². The minimum Gasteiger partial charge on any atom is -0.481 e. The highest BCUT2D eigenvalue weighted by Crippen LogP contribution is 2.23. The largest absolute Gasteiger partial charge is 0.481 e. The van der Waals surface area contributed by atoms with Crippen LogP contribution in [0.4, 0.5) is 5.69 Å². The first kappa shape index (κ1) is 19.5. The van der Waals surface area contributed by atoms with E-state index >= 15 is 0 Å². The van der Waals surface area contributed by atoms with Crippen molar-refractivity contribution in [3.8, 4) is 17.2 Å². The van der Waals surface area contributed by atoms with Gasteiger partial charge in [-0.05, 0) is 79.9 Å². The summed E-state index contributed by atoms with van der Waals surface area (Å²) in [6.45, 7) is 6.01. The number of anilines is 1. The van der Waals surface area contributed by atoms with E-state index in [0.29, 0.717) is 23.6 Å². The highest BCUT2D eigenvalue weighted by atomic mass is 16.5. The molecular weight excluding hydrogens is 350 g/mol. The van der Waals surface area contributed by atoms with Crippen LogP contribution in [0, 0.1) is 13.8 Å². The summed E-state index contributed by atoms with van der Waals surface area (Å²) in [6.07, 6.45) is 0.0240. The van der Waals surface area contributed by atoms with Crippen molar-refractivity contribution in [1.82, 2.24) is 0 Å². The van der Waals surface area contributed by atoms with Crippen LogP contribution in [0.1, 0.15) is 24.5 Å². The average Bonchev–Trinajstić information content (AvgIpc) is 2.71. The second-order valence-electron chi connectivity index (χ2n) is 6.69. The molecule has 0 saturated carbocycles. The maximum absolute atomic E-state index is 12.6. The molecule has 0 saturated heterocycles. The Labute approximate surface area is 166 Å². The number of carbonyl (C=O) groups is 1. The van der Waals surface area contributed by atoms with Crippen LogP contribution in [0.5, 0.6) is 17.2 Å². The first-order chi connectivity index (χ1) is 13.5. The quantitative estimate of drug-likeness (QED) is 0.560. The lowest BCUT2D eigenvalue weighted by molar-refractivity contribution is -0.122. The van der Waals surface area contributed by atoms with Gasteiger partial charge < -0.3 is 14.8 Å². The van der Waals surface area contributed by atoms with Gasteiger partial charge in [0.05, 0.1) is 0 Å². The van der Waals surface area contributed by atoms with E-state index in [1.165, 1.54) is 5.56 Å². The Morgan fingerprint density at radius 3 is 2.14 bits per heavy atom. The average molecular weight is 375 g/mol. The number of para-hydroxylation sites is 1. The summed E-state index contributed by atoms with van der Waals surface area (Å²) in [6, 6.07) is 22.7. The number of rotatable bonds is 7. The van der Waals surface area contributed by atoms with Gasteiger partial charge in [-0.25, -0.2) is 0 Å². The fourth-order valence-electron chi connectivity index (χ4n) is 2.73. The molecule has 0 aliphatic heterocycles. The first-order valence-electron chi connectivity index (χ1n) is 9.43. The number of amides is 1. The van der Waals surface area contributed by atoms with Crippen molar-refractivity contribution in [3.63, 3.8) is 0 Å². The molecule has 3 rings (SSSR count). The van der Waals surface area contributed by atoms with E-state index in [2.05, 4.69) is 5.32 Å². The molecule has 1 N–H and O–H groups in total. The molecule has 0 unspecified atom stereocenters. The van der Waals surface area contributed by atoms with Crippen molar-refractivity contribution in [2.45, 2.75) is 33.3 Å². The van der Waals surface area contributed by atoms with E-state index in [4.69, 9.17) is 9.47 Å². The third-order valence-electron chi connectivity index (χ3n) is 4.52. The molecule has 0 aliphatic rings. The Balaban J connectivity index is 1.61. The summed E-state index contributed by atoms with van der Waals surface area (Å²) in [5.41, 5.74) is 3.04. The molecule has 28 heavy (non-hydrogen) atoms.